The van der Waals surface area contributed by atoms with Crippen molar-refractivity contribution in [2.75, 3.05) is 0 Å². The van der Waals surface area contributed by atoms with Gasteiger partial charge in [-0.1, -0.05) is 27.2 Å². The third kappa shape index (κ3) is 0.878. The van der Waals surface area contributed by atoms with Crippen molar-refractivity contribution in [2.24, 2.45) is 23.2 Å². The van der Waals surface area contributed by atoms with E-state index in [0.717, 1.165) is 23.2 Å². The Bertz CT molecular complexity index is 151. The van der Waals surface area contributed by atoms with Crippen molar-refractivity contribution in [2.45, 2.75) is 46.5 Å². The summed E-state index contributed by atoms with van der Waals surface area (Å²) in [6.07, 6.45) is 6.03. The van der Waals surface area contributed by atoms with E-state index in [4.69, 9.17) is 0 Å². The first kappa shape index (κ1) is 7.64. The predicted octanol–water partition coefficient (Wildman–Crippen LogP) is 3.47. The van der Waals surface area contributed by atoms with E-state index in [0.29, 0.717) is 0 Å². The van der Waals surface area contributed by atoms with E-state index >= 15 is 0 Å². The van der Waals surface area contributed by atoms with Crippen LogP contribution in [-0.2, 0) is 0 Å². The topological polar surface area (TPSA) is 0 Å². The van der Waals surface area contributed by atoms with Crippen LogP contribution in [0.1, 0.15) is 46.5 Å². The maximum Gasteiger partial charge on any atom is -0.0243 e. The molecule has 2 rings (SSSR count). The van der Waals surface area contributed by atoms with Crippen molar-refractivity contribution in [3.05, 3.63) is 0 Å². The monoisotopic (exact) mass is 152 g/mol. The van der Waals surface area contributed by atoms with E-state index in [-0.39, 0.29) is 0 Å². The van der Waals surface area contributed by atoms with E-state index in [2.05, 4.69) is 20.8 Å². The van der Waals surface area contributed by atoms with Crippen molar-refractivity contribution in [1.29, 1.82) is 0 Å². The summed E-state index contributed by atoms with van der Waals surface area (Å²) in [5.41, 5.74) is 0.805. The zero-order chi connectivity index (χ0) is 8.06. The van der Waals surface area contributed by atoms with Gasteiger partial charge < -0.3 is 0 Å². The molecule has 3 unspecified atom stereocenters. The molecule has 2 aliphatic carbocycles. The van der Waals surface area contributed by atoms with E-state index < -0.39 is 0 Å². The minimum atomic E-state index is 0.805. The zero-order valence-corrected chi connectivity index (χ0v) is 8.06. The Morgan fingerprint density at radius 1 is 1.09 bits per heavy atom. The van der Waals surface area contributed by atoms with Crippen molar-refractivity contribution in [3.63, 3.8) is 0 Å². The Kier molecular flexibility index (Phi) is 1.56. The zero-order valence-electron chi connectivity index (χ0n) is 8.06. The van der Waals surface area contributed by atoms with Crippen LogP contribution in [0.4, 0.5) is 0 Å². The maximum atomic E-state index is 2.46. The Labute approximate surface area is 70.4 Å². The summed E-state index contributed by atoms with van der Waals surface area (Å²) in [5.74, 6) is 3.07. The van der Waals surface area contributed by atoms with Crippen molar-refractivity contribution < 1.29 is 0 Å². The Morgan fingerprint density at radius 2 is 1.73 bits per heavy atom. The second-order valence-corrected chi connectivity index (χ2v) is 5.12. The molecular formula is C11H20. The van der Waals surface area contributed by atoms with Crippen molar-refractivity contribution in [1.82, 2.24) is 0 Å². The van der Waals surface area contributed by atoms with E-state index in [9.17, 15) is 0 Å². The van der Waals surface area contributed by atoms with Gasteiger partial charge in [0.15, 0.2) is 0 Å². The molecule has 0 aromatic heterocycles. The molecule has 0 aromatic rings. The molecule has 2 fully saturated rings. The molecule has 0 radical (unpaired) electrons. The van der Waals surface area contributed by atoms with Crippen LogP contribution >= 0.6 is 0 Å². The lowest BCUT2D eigenvalue weighted by Crippen LogP contribution is -2.44. The minimum Gasteiger partial charge on any atom is -0.0625 e. The van der Waals surface area contributed by atoms with Gasteiger partial charge in [0.1, 0.15) is 0 Å². The normalized spacial score (nSPS) is 56.5. The molecule has 0 saturated heterocycles. The first-order valence-corrected chi connectivity index (χ1v) is 5.15. The Balaban J connectivity index is 2.10. The van der Waals surface area contributed by atoms with Crippen LogP contribution < -0.4 is 0 Å². The van der Waals surface area contributed by atoms with Gasteiger partial charge in [0, 0.05) is 0 Å². The van der Waals surface area contributed by atoms with Crippen LogP contribution in [0, 0.1) is 23.2 Å². The predicted molar refractivity (Wildman–Crippen MR) is 48.4 cm³/mol. The lowest BCUT2D eigenvalue weighted by atomic mass is 9.53. The van der Waals surface area contributed by atoms with Gasteiger partial charge in [-0.2, -0.15) is 0 Å². The van der Waals surface area contributed by atoms with Crippen LogP contribution in [0.25, 0.3) is 0 Å². The van der Waals surface area contributed by atoms with Crippen LogP contribution in [0.5, 0.6) is 0 Å². The Hall–Kier alpha value is 0. The molecule has 3 atom stereocenters. The quantitative estimate of drug-likeness (QED) is 0.498. The lowest BCUT2D eigenvalue weighted by molar-refractivity contribution is -0.0286. The highest BCUT2D eigenvalue weighted by atomic mass is 14.6. The molecule has 2 saturated carbocycles. The summed E-state index contributed by atoms with van der Waals surface area (Å²) < 4.78 is 0. The van der Waals surface area contributed by atoms with Gasteiger partial charge in [0.25, 0.3) is 0 Å². The molecule has 11 heavy (non-hydrogen) atoms. The fourth-order valence-corrected chi connectivity index (χ4v) is 3.59. The average molecular weight is 152 g/mol. The molecule has 0 nitrogen and oxygen atoms in total. The SMILES string of the molecule is CC1CCC2(C1)C(C)CC2C. The van der Waals surface area contributed by atoms with Crippen LogP contribution in [0.2, 0.25) is 0 Å². The first-order chi connectivity index (χ1) is 5.15. The summed E-state index contributed by atoms with van der Waals surface area (Å²) in [6.45, 7) is 7.34. The fraction of sp³-hybridized carbons (Fsp3) is 1.00. The first-order valence-electron chi connectivity index (χ1n) is 5.15. The second kappa shape index (κ2) is 2.24. The minimum absolute atomic E-state index is 0.805. The van der Waals surface area contributed by atoms with Gasteiger partial charge in [0.05, 0.1) is 0 Å². The summed E-state index contributed by atoms with van der Waals surface area (Å²) in [5, 5.41) is 0. The van der Waals surface area contributed by atoms with E-state index in [1.54, 1.807) is 0 Å². The van der Waals surface area contributed by atoms with Crippen LogP contribution in [0.3, 0.4) is 0 Å². The van der Waals surface area contributed by atoms with Crippen molar-refractivity contribution in [3.8, 4) is 0 Å². The molecule has 1 spiro atoms. The molecule has 0 aliphatic heterocycles. The molecule has 0 amide bonds. The second-order valence-electron chi connectivity index (χ2n) is 5.12. The lowest BCUT2D eigenvalue weighted by Gasteiger charge is -2.52. The van der Waals surface area contributed by atoms with Crippen LogP contribution in [-0.4, -0.2) is 0 Å². The molecule has 0 N–H and O–H groups in total. The molecular weight excluding hydrogens is 132 g/mol. The van der Waals surface area contributed by atoms with E-state index in [1.807, 2.05) is 0 Å². The van der Waals surface area contributed by atoms with Crippen molar-refractivity contribution >= 4 is 0 Å². The summed E-state index contributed by atoms with van der Waals surface area (Å²) in [6, 6.07) is 0. The van der Waals surface area contributed by atoms with Gasteiger partial charge in [-0.15, -0.1) is 0 Å². The van der Waals surface area contributed by atoms with Gasteiger partial charge in [-0.3, -0.25) is 0 Å². The smallest absolute Gasteiger partial charge is 0.0243 e. The number of hydrogen-bond donors (Lipinski definition) is 0. The average Bonchev–Trinajstić information content (AvgIpc) is 2.35. The third-order valence-corrected chi connectivity index (χ3v) is 4.50. The fourth-order valence-electron chi connectivity index (χ4n) is 3.59. The maximum absolute atomic E-state index is 2.46. The largest absolute Gasteiger partial charge is 0.0625 e. The number of hydrogen-bond acceptors (Lipinski definition) is 0. The summed E-state index contributed by atoms with van der Waals surface area (Å²) >= 11 is 0. The van der Waals surface area contributed by atoms with E-state index in [1.165, 1.54) is 25.7 Å². The van der Waals surface area contributed by atoms with Gasteiger partial charge in [-0.25, -0.2) is 0 Å². The standard InChI is InChI=1S/C11H20/c1-8-4-5-11(7-8)9(2)6-10(11)3/h8-10H,4-7H2,1-3H3. The summed E-state index contributed by atoms with van der Waals surface area (Å²) in [7, 11) is 0. The molecule has 0 aromatic carbocycles. The van der Waals surface area contributed by atoms with Gasteiger partial charge in [0.2, 0.25) is 0 Å². The third-order valence-electron chi connectivity index (χ3n) is 4.50. The highest BCUT2D eigenvalue weighted by Gasteiger charge is 2.52. The highest BCUT2D eigenvalue weighted by Crippen LogP contribution is 2.61. The molecule has 0 heteroatoms. The molecule has 64 valence electrons. The van der Waals surface area contributed by atoms with Gasteiger partial charge >= 0.3 is 0 Å². The Morgan fingerprint density at radius 3 is 2.00 bits per heavy atom. The molecule has 2 aliphatic rings. The van der Waals surface area contributed by atoms with Crippen LogP contribution in [0.15, 0.2) is 0 Å². The molecule has 0 bridgehead atoms. The summed E-state index contributed by atoms with van der Waals surface area (Å²) in [4.78, 5) is 0. The molecule has 0 heterocycles. The highest BCUT2D eigenvalue weighted by molar-refractivity contribution is 5.02. The van der Waals surface area contributed by atoms with Gasteiger partial charge in [-0.05, 0) is 42.4 Å². The number of rotatable bonds is 0.